The van der Waals surface area contributed by atoms with Crippen LogP contribution in [0.25, 0.3) is 0 Å². The number of carbonyl (C=O) groups excluding carboxylic acids is 1. The van der Waals surface area contributed by atoms with Crippen LogP contribution in [0.5, 0.6) is 5.75 Å². The molecule has 1 aromatic carbocycles. The number of rotatable bonds is 5. The third kappa shape index (κ3) is 3.42. The van der Waals surface area contributed by atoms with E-state index in [1.807, 2.05) is 25.2 Å². The molecule has 1 aromatic rings. The molecule has 19 heavy (non-hydrogen) atoms. The first-order valence-electron chi connectivity index (χ1n) is 6.33. The second-order valence-corrected chi connectivity index (χ2v) is 5.70. The van der Waals surface area contributed by atoms with E-state index in [1.54, 1.807) is 11.8 Å². The molecule has 1 N–H and O–H groups in total. The summed E-state index contributed by atoms with van der Waals surface area (Å²) in [6.07, 6.45) is 0.440. The summed E-state index contributed by atoms with van der Waals surface area (Å²) in [5, 5.41) is 3.66. The molecule has 2 unspecified atom stereocenters. The van der Waals surface area contributed by atoms with E-state index in [0.717, 1.165) is 11.5 Å². The summed E-state index contributed by atoms with van der Waals surface area (Å²) in [4.78, 5) is 11.1. The quantitative estimate of drug-likeness (QED) is 0.837. The highest BCUT2D eigenvalue weighted by atomic mass is 32.2. The highest BCUT2D eigenvalue weighted by Gasteiger charge is 2.29. The Balaban J connectivity index is 1.97. The summed E-state index contributed by atoms with van der Waals surface area (Å²) in [6.45, 7) is 0.661. The molecule has 0 aliphatic carbocycles. The van der Waals surface area contributed by atoms with E-state index in [1.165, 1.54) is 12.7 Å². The number of hydrogen-bond donors (Lipinski definition) is 1. The zero-order valence-corrected chi connectivity index (χ0v) is 12.0. The van der Waals surface area contributed by atoms with E-state index in [-0.39, 0.29) is 12.0 Å². The van der Waals surface area contributed by atoms with Crippen molar-refractivity contribution in [1.29, 1.82) is 0 Å². The fourth-order valence-corrected chi connectivity index (χ4v) is 3.45. The topological polar surface area (TPSA) is 47.6 Å². The monoisotopic (exact) mass is 281 g/mol. The van der Waals surface area contributed by atoms with Gasteiger partial charge in [0.15, 0.2) is 0 Å². The number of carbonyl (C=O) groups is 1. The molecule has 4 nitrogen and oxygen atoms in total. The third-order valence-corrected chi connectivity index (χ3v) is 4.48. The summed E-state index contributed by atoms with van der Waals surface area (Å²) in [6, 6.07) is 8.34. The molecule has 2 atom stereocenters. The van der Waals surface area contributed by atoms with Gasteiger partial charge in [0.25, 0.3) is 0 Å². The van der Waals surface area contributed by atoms with Crippen molar-refractivity contribution >= 4 is 17.7 Å². The lowest BCUT2D eigenvalue weighted by molar-refractivity contribution is -0.140. The van der Waals surface area contributed by atoms with E-state index in [0.29, 0.717) is 18.3 Å². The van der Waals surface area contributed by atoms with Crippen LogP contribution in [0.1, 0.15) is 18.0 Å². The molecule has 0 amide bonds. The third-order valence-electron chi connectivity index (χ3n) is 3.21. The Labute approximate surface area is 117 Å². The van der Waals surface area contributed by atoms with Crippen LogP contribution in [-0.4, -0.2) is 37.7 Å². The molecule has 0 aromatic heterocycles. The minimum atomic E-state index is -0.161. The molecule has 0 fully saturated rings. The lowest BCUT2D eigenvalue weighted by Crippen LogP contribution is -2.36. The van der Waals surface area contributed by atoms with Crippen molar-refractivity contribution in [3.63, 3.8) is 0 Å². The Hall–Kier alpha value is -1.20. The zero-order valence-electron chi connectivity index (χ0n) is 11.2. The molecule has 1 aliphatic rings. The number of esters is 1. The van der Waals surface area contributed by atoms with Gasteiger partial charge in [-0.05, 0) is 13.1 Å². The van der Waals surface area contributed by atoms with Crippen molar-refractivity contribution in [1.82, 2.24) is 5.32 Å². The molecule has 104 valence electrons. The number of nitrogens with one attached hydrogen (secondary N) is 1. The number of benzene rings is 1. The van der Waals surface area contributed by atoms with Crippen LogP contribution in [0.15, 0.2) is 24.3 Å². The lowest BCUT2D eigenvalue weighted by atomic mass is 10.0. The maximum atomic E-state index is 11.1. The zero-order chi connectivity index (χ0) is 13.7. The standard InChI is InChI=1S/C14H19NO3S/c1-15-14-10-5-3-4-6-11(10)18-9-12(14)19-8-7-13(16)17-2/h3-6,12,14-15H,7-9H2,1-2H3. The Morgan fingerprint density at radius 3 is 3.05 bits per heavy atom. The molecule has 0 saturated carbocycles. The average Bonchev–Trinajstić information content (AvgIpc) is 2.46. The molecular formula is C14H19NO3S. The van der Waals surface area contributed by atoms with Gasteiger partial charge in [-0.3, -0.25) is 4.79 Å². The lowest BCUT2D eigenvalue weighted by Gasteiger charge is -2.33. The second-order valence-electron chi connectivity index (χ2n) is 4.35. The van der Waals surface area contributed by atoms with Gasteiger partial charge in [0, 0.05) is 11.3 Å². The van der Waals surface area contributed by atoms with Gasteiger partial charge in [-0.15, -0.1) is 0 Å². The number of para-hydroxylation sites is 1. The maximum absolute atomic E-state index is 11.1. The predicted molar refractivity (Wildman–Crippen MR) is 76.6 cm³/mol. The number of fused-ring (bicyclic) bond motifs is 1. The smallest absolute Gasteiger partial charge is 0.306 e. The fraction of sp³-hybridized carbons (Fsp3) is 0.500. The maximum Gasteiger partial charge on any atom is 0.306 e. The van der Waals surface area contributed by atoms with Crippen molar-refractivity contribution in [3.8, 4) is 5.75 Å². The van der Waals surface area contributed by atoms with Gasteiger partial charge in [-0.2, -0.15) is 11.8 Å². The first kappa shape index (κ1) is 14.2. The summed E-state index contributed by atoms with van der Waals surface area (Å²) in [5.41, 5.74) is 1.19. The highest BCUT2D eigenvalue weighted by molar-refractivity contribution is 8.00. The molecular weight excluding hydrogens is 262 g/mol. The van der Waals surface area contributed by atoms with E-state index in [9.17, 15) is 4.79 Å². The van der Waals surface area contributed by atoms with Gasteiger partial charge >= 0.3 is 5.97 Å². The van der Waals surface area contributed by atoms with Crippen LogP contribution in [-0.2, 0) is 9.53 Å². The highest BCUT2D eigenvalue weighted by Crippen LogP contribution is 2.37. The fourth-order valence-electron chi connectivity index (χ4n) is 2.22. The van der Waals surface area contributed by atoms with Crippen LogP contribution in [0, 0.1) is 0 Å². The SMILES string of the molecule is CNC1c2ccccc2OCC1SCCC(=O)OC. The molecule has 5 heteroatoms. The molecule has 0 saturated heterocycles. The van der Waals surface area contributed by atoms with Crippen LogP contribution < -0.4 is 10.1 Å². The van der Waals surface area contributed by atoms with Crippen LogP contribution in [0.2, 0.25) is 0 Å². The molecule has 1 aliphatic heterocycles. The van der Waals surface area contributed by atoms with Gasteiger partial charge in [0.05, 0.1) is 24.8 Å². The van der Waals surface area contributed by atoms with Gasteiger partial charge in [-0.1, -0.05) is 18.2 Å². The average molecular weight is 281 g/mol. The Bertz CT molecular complexity index is 438. The predicted octanol–water partition coefficient (Wildman–Crippen LogP) is 2.00. The number of thioether (sulfide) groups is 1. The molecule has 0 bridgehead atoms. The Kier molecular flexibility index (Phi) is 5.10. The summed E-state index contributed by atoms with van der Waals surface area (Å²) in [7, 11) is 3.38. The number of ether oxygens (including phenoxy) is 2. The first-order chi connectivity index (χ1) is 9.26. The van der Waals surface area contributed by atoms with Crippen molar-refractivity contribution < 1.29 is 14.3 Å². The Morgan fingerprint density at radius 2 is 2.32 bits per heavy atom. The normalized spacial score (nSPS) is 21.4. The first-order valence-corrected chi connectivity index (χ1v) is 7.38. The van der Waals surface area contributed by atoms with Crippen LogP contribution in [0.4, 0.5) is 0 Å². The van der Waals surface area contributed by atoms with Gasteiger partial charge < -0.3 is 14.8 Å². The van der Waals surface area contributed by atoms with Crippen molar-refractivity contribution in [2.45, 2.75) is 17.7 Å². The van der Waals surface area contributed by atoms with E-state index in [4.69, 9.17) is 4.74 Å². The number of methoxy groups -OCH3 is 1. The summed E-state index contributed by atoms with van der Waals surface area (Å²) < 4.78 is 10.4. The van der Waals surface area contributed by atoms with E-state index in [2.05, 4.69) is 16.1 Å². The van der Waals surface area contributed by atoms with Gasteiger partial charge in [0.1, 0.15) is 12.4 Å². The van der Waals surface area contributed by atoms with Crippen LogP contribution >= 0.6 is 11.8 Å². The minimum absolute atomic E-state index is 0.161. The summed E-state index contributed by atoms with van der Waals surface area (Å²) in [5.74, 6) is 1.54. The van der Waals surface area contributed by atoms with E-state index < -0.39 is 0 Å². The van der Waals surface area contributed by atoms with Gasteiger partial charge in [-0.25, -0.2) is 0 Å². The van der Waals surface area contributed by atoms with Gasteiger partial charge in [0.2, 0.25) is 0 Å². The Morgan fingerprint density at radius 1 is 1.53 bits per heavy atom. The molecule has 0 radical (unpaired) electrons. The van der Waals surface area contributed by atoms with Crippen molar-refractivity contribution in [3.05, 3.63) is 29.8 Å². The molecule has 2 rings (SSSR count). The molecule has 0 spiro atoms. The van der Waals surface area contributed by atoms with Crippen LogP contribution in [0.3, 0.4) is 0 Å². The van der Waals surface area contributed by atoms with E-state index >= 15 is 0 Å². The minimum Gasteiger partial charge on any atom is -0.492 e. The second kappa shape index (κ2) is 6.82. The molecule has 1 heterocycles. The number of hydrogen-bond acceptors (Lipinski definition) is 5. The summed E-state index contributed by atoms with van der Waals surface area (Å²) >= 11 is 1.75. The van der Waals surface area contributed by atoms with Crippen molar-refractivity contribution in [2.24, 2.45) is 0 Å². The van der Waals surface area contributed by atoms with Crippen molar-refractivity contribution in [2.75, 3.05) is 26.5 Å². The largest absolute Gasteiger partial charge is 0.492 e.